The number of hydrogen-bond donors (Lipinski definition) is 1. The molecule has 1 atom stereocenters. The first-order chi connectivity index (χ1) is 19.1. The summed E-state index contributed by atoms with van der Waals surface area (Å²) < 4.78 is 158. The molecule has 1 saturated heterocycles. The van der Waals surface area contributed by atoms with E-state index in [1.165, 1.54) is 13.0 Å². The Morgan fingerprint density at radius 2 is 1.69 bits per heavy atom. The number of carbonyl (C=O) groups excluding carboxylic acids is 1. The third-order valence-corrected chi connectivity index (χ3v) is 8.43. The van der Waals surface area contributed by atoms with E-state index < -0.39 is 92.6 Å². The van der Waals surface area contributed by atoms with Gasteiger partial charge in [0.05, 0.1) is 28.8 Å². The molecule has 0 aromatic heterocycles. The lowest BCUT2D eigenvalue weighted by Crippen LogP contribution is -2.62. The van der Waals surface area contributed by atoms with Crippen LogP contribution in [0.1, 0.15) is 39.0 Å². The largest absolute Gasteiger partial charge is 0.511 e. The number of nitrogens with zero attached hydrogens (tertiary/aromatic N) is 2. The molecule has 1 N–H and O–H groups in total. The molecular formula is C23H16ClF10N3O4S. The van der Waals surface area contributed by atoms with Gasteiger partial charge in [0.25, 0.3) is 11.5 Å². The van der Waals surface area contributed by atoms with Gasteiger partial charge in [-0.1, -0.05) is 22.8 Å². The monoisotopic (exact) mass is 655 g/mol. The zero-order valence-electron chi connectivity index (χ0n) is 20.7. The molecule has 2 aliphatic rings. The summed E-state index contributed by atoms with van der Waals surface area (Å²) >= 11 is 5.48. The summed E-state index contributed by atoms with van der Waals surface area (Å²) in [5, 5.41) is 4.47. The van der Waals surface area contributed by atoms with Gasteiger partial charge < -0.3 is 10.2 Å². The summed E-state index contributed by atoms with van der Waals surface area (Å²) in [6.07, 6.45) is -11.9. The quantitative estimate of drug-likeness (QED) is 0.422. The van der Waals surface area contributed by atoms with Gasteiger partial charge in [-0.2, -0.15) is 43.8 Å². The fraction of sp³-hybridized carbons (Fsp3) is 0.391. The topological polar surface area (TPSA) is 88.1 Å². The van der Waals surface area contributed by atoms with Crippen LogP contribution in [0.2, 0.25) is 5.02 Å². The van der Waals surface area contributed by atoms with Crippen molar-refractivity contribution in [2.75, 3.05) is 13.1 Å². The Morgan fingerprint density at radius 3 is 2.21 bits per heavy atom. The molecule has 0 spiro atoms. The van der Waals surface area contributed by atoms with Crippen molar-refractivity contribution < 1.29 is 62.0 Å². The molecule has 0 aliphatic carbocycles. The fourth-order valence-corrected chi connectivity index (χ4v) is 5.58. The minimum Gasteiger partial charge on any atom is -0.374 e. The molecule has 7 nitrogen and oxygen atoms in total. The van der Waals surface area contributed by atoms with Crippen LogP contribution >= 0.6 is 11.6 Å². The Kier molecular flexibility index (Phi) is 7.77. The van der Waals surface area contributed by atoms with E-state index in [2.05, 4.69) is 15.3 Å². The first-order valence-electron chi connectivity index (χ1n) is 11.5. The van der Waals surface area contributed by atoms with Crippen molar-refractivity contribution in [3.8, 4) is 0 Å². The SMILES string of the molecule is Cc1cc(C2=NO[C@](c3cc(C(F)(F)F)cc(Cl)c3F)(C(F)(F)F)C2)ccc1C(=O)NC1CN(S(=O)(=O)C(F)(F)F)C1. The molecule has 2 aliphatic heterocycles. The lowest BCUT2D eigenvalue weighted by Gasteiger charge is -2.38. The molecule has 4 rings (SSSR count). The zero-order valence-corrected chi connectivity index (χ0v) is 22.3. The highest BCUT2D eigenvalue weighted by molar-refractivity contribution is 7.90. The van der Waals surface area contributed by atoms with Crippen molar-refractivity contribution in [1.82, 2.24) is 9.62 Å². The van der Waals surface area contributed by atoms with Gasteiger partial charge in [-0.25, -0.2) is 12.8 Å². The molecule has 2 aromatic rings. The molecule has 0 unspecified atom stereocenters. The van der Waals surface area contributed by atoms with Crippen LogP contribution in [0.4, 0.5) is 43.9 Å². The number of halogens is 11. The van der Waals surface area contributed by atoms with Crippen LogP contribution in [0.3, 0.4) is 0 Å². The van der Waals surface area contributed by atoms with Crippen LogP contribution < -0.4 is 5.32 Å². The van der Waals surface area contributed by atoms with E-state index >= 15 is 0 Å². The Bertz CT molecular complexity index is 1570. The maximum Gasteiger partial charge on any atom is 0.511 e. The highest BCUT2D eigenvalue weighted by atomic mass is 35.5. The first kappa shape index (κ1) is 31.8. The fourth-order valence-electron chi connectivity index (χ4n) is 4.32. The van der Waals surface area contributed by atoms with Gasteiger partial charge in [-0.05, 0) is 42.3 Å². The maximum atomic E-state index is 14.8. The van der Waals surface area contributed by atoms with Gasteiger partial charge in [0.1, 0.15) is 5.82 Å². The van der Waals surface area contributed by atoms with Crippen molar-refractivity contribution in [1.29, 1.82) is 0 Å². The standard InChI is InChI=1S/C23H16ClF10N3O4S/c1-10-4-11(2-3-14(10)19(38)35-13-8-37(9-13)42(39,40)23(32,33)34)17-7-20(41-36-17,22(29,30)31)15-5-12(21(26,27)28)6-16(24)18(15)25/h2-6,13H,7-9H2,1H3,(H,35,38)/t20-/m1/s1. The number of alkyl halides is 9. The second-order valence-electron chi connectivity index (χ2n) is 9.42. The van der Waals surface area contributed by atoms with Gasteiger partial charge in [0.15, 0.2) is 0 Å². The third kappa shape index (κ3) is 5.50. The normalized spacial score (nSPS) is 20.6. The Hall–Kier alpha value is -3.12. The summed E-state index contributed by atoms with van der Waals surface area (Å²) in [6, 6.07) is 2.54. The molecule has 1 amide bonds. The van der Waals surface area contributed by atoms with Gasteiger partial charge in [-0.15, -0.1) is 0 Å². The number of nitrogens with one attached hydrogen (secondary N) is 1. The molecule has 0 bridgehead atoms. The predicted octanol–water partition coefficient (Wildman–Crippen LogP) is 5.65. The number of carbonyl (C=O) groups is 1. The molecular weight excluding hydrogens is 640 g/mol. The van der Waals surface area contributed by atoms with Gasteiger partial charge >= 0.3 is 27.9 Å². The molecule has 230 valence electrons. The molecule has 0 radical (unpaired) electrons. The molecule has 2 aromatic carbocycles. The number of rotatable bonds is 5. The Morgan fingerprint density at radius 1 is 1.07 bits per heavy atom. The molecule has 1 fully saturated rings. The minimum atomic E-state index is -5.56. The van der Waals surface area contributed by atoms with E-state index in [0.717, 1.165) is 12.1 Å². The van der Waals surface area contributed by atoms with Gasteiger partial charge in [-0.3, -0.25) is 4.79 Å². The van der Waals surface area contributed by atoms with E-state index in [9.17, 15) is 57.1 Å². The first-order valence-corrected chi connectivity index (χ1v) is 13.3. The molecule has 0 saturated carbocycles. The van der Waals surface area contributed by atoms with E-state index in [4.69, 9.17) is 11.6 Å². The highest BCUT2D eigenvalue weighted by Gasteiger charge is 2.64. The van der Waals surface area contributed by atoms with E-state index in [1.807, 2.05) is 0 Å². The lowest BCUT2D eigenvalue weighted by molar-refractivity contribution is -0.276. The Labute approximate surface area is 235 Å². The zero-order chi connectivity index (χ0) is 31.6. The van der Waals surface area contributed by atoms with Crippen LogP contribution in [-0.4, -0.2) is 55.2 Å². The third-order valence-electron chi connectivity index (χ3n) is 6.60. The summed E-state index contributed by atoms with van der Waals surface area (Å²) in [5.74, 6) is -2.62. The number of aryl methyl sites for hydroxylation is 1. The average molecular weight is 656 g/mol. The smallest absolute Gasteiger partial charge is 0.374 e. The molecule has 2 heterocycles. The lowest BCUT2D eigenvalue weighted by atomic mass is 9.85. The predicted molar refractivity (Wildman–Crippen MR) is 125 cm³/mol. The van der Waals surface area contributed by atoms with Crippen molar-refractivity contribution in [2.24, 2.45) is 5.16 Å². The van der Waals surface area contributed by atoms with Crippen LogP contribution in [0.5, 0.6) is 0 Å². The number of sulfonamides is 1. The summed E-state index contributed by atoms with van der Waals surface area (Å²) in [4.78, 5) is 17.2. The average Bonchev–Trinajstić information content (AvgIpc) is 3.28. The van der Waals surface area contributed by atoms with Gasteiger partial charge in [0.2, 0.25) is 0 Å². The maximum absolute atomic E-state index is 14.8. The molecule has 19 heteroatoms. The van der Waals surface area contributed by atoms with Crippen molar-refractivity contribution >= 4 is 33.2 Å². The van der Waals surface area contributed by atoms with Gasteiger partial charge in [0, 0.05) is 24.2 Å². The summed E-state index contributed by atoms with van der Waals surface area (Å²) in [5.41, 5.74) is -12.8. The van der Waals surface area contributed by atoms with E-state index in [0.29, 0.717) is 0 Å². The number of benzene rings is 2. The van der Waals surface area contributed by atoms with Crippen molar-refractivity contribution in [3.05, 3.63) is 69.0 Å². The Balaban J connectivity index is 1.55. The van der Waals surface area contributed by atoms with Crippen molar-refractivity contribution in [2.45, 2.75) is 42.8 Å². The van der Waals surface area contributed by atoms with Crippen LogP contribution in [0.25, 0.3) is 0 Å². The second kappa shape index (κ2) is 10.3. The minimum absolute atomic E-state index is 0.0621. The number of amides is 1. The van der Waals surface area contributed by atoms with Crippen molar-refractivity contribution in [3.63, 3.8) is 0 Å². The van der Waals surface area contributed by atoms with E-state index in [1.54, 1.807) is 0 Å². The summed E-state index contributed by atoms with van der Waals surface area (Å²) in [6.45, 7) is 0.0578. The number of oxime groups is 1. The van der Waals surface area contributed by atoms with Crippen LogP contribution in [-0.2, 0) is 26.6 Å². The second-order valence-corrected chi connectivity index (χ2v) is 11.8. The molecule has 42 heavy (non-hydrogen) atoms. The van der Waals surface area contributed by atoms with E-state index in [-0.39, 0.29) is 33.1 Å². The van der Waals surface area contributed by atoms with Crippen LogP contribution in [0, 0.1) is 12.7 Å². The summed E-state index contributed by atoms with van der Waals surface area (Å²) in [7, 11) is -5.56. The number of hydrogen-bond acceptors (Lipinski definition) is 5. The highest BCUT2D eigenvalue weighted by Crippen LogP contribution is 2.51. The van der Waals surface area contributed by atoms with Crippen LogP contribution in [0.15, 0.2) is 35.5 Å².